The Balaban J connectivity index is 1.94. The van der Waals surface area contributed by atoms with Crippen molar-refractivity contribution in [2.45, 2.75) is 37.9 Å². The zero-order chi connectivity index (χ0) is 14.3. The number of hydrogen-bond donors (Lipinski definition) is 1. The summed E-state index contributed by atoms with van der Waals surface area (Å²) in [6, 6.07) is 0. The second-order valence-corrected chi connectivity index (χ2v) is 5.37. The number of aliphatic hydroxyl groups is 1. The lowest BCUT2D eigenvalue weighted by Gasteiger charge is -2.11. The van der Waals surface area contributed by atoms with Gasteiger partial charge < -0.3 is 14.6 Å². The van der Waals surface area contributed by atoms with Gasteiger partial charge in [-0.1, -0.05) is 0 Å². The van der Waals surface area contributed by atoms with Crippen LogP contribution in [0.15, 0.2) is 9.59 Å². The Morgan fingerprint density at radius 3 is 2.25 bits per heavy atom. The Labute approximate surface area is 119 Å². The van der Waals surface area contributed by atoms with Gasteiger partial charge in [-0.15, -0.1) is 11.6 Å². The molecule has 2 aliphatic heterocycles. The molecule has 0 aliphatic carbocycles. The summed E-state index contributed by atoms with van der Waals surface area (Å²) in [5.74, 6) is -0.00250. The minimum atomic E-state index is -0.881. The third kappa shape index (κ3) is 2.83. The topological polar surface area (TPSA) is 94.2 Å². The predicted octanol–water partition coefficient (Wildman–Crippen LogP) is -1.79. The number of halogens is 1. The van der Waals surface area contributed by atoms with Crippen LogP contribution in [0.4, 0.5) is 0 Å². The summed E-state index contributed by atoms with van der Waals surface area (Å²) in [6.45, 7) is 1.68. The second kappa shape index (κ2) is 5.36. The zero-order valence-corrected chi connectivity index (χ0v) is 11.5. The fourth-order valence-electron chi connectivity index (χ4n) is 2.07. The molecule has 3 heterocycles. The third-order valence-corrected chi connectivity index (χ3v) is 3.68. The van der Waals surface area contributed by atoms with Crippen molar-refractivity contribution in [3.05, 3.63) is 21.0 Å². The van der Waals surface area contributed by atoms with Crippen molar-refractivity contribution in [2.75, 3.05) is 19.1 Å². The van der Waals surface area contributed by atoms with E-state index in [4.69, 9.17) is 21.1 Å². The van der Waals surface area contributed by atoms with Crippen LogP contribution in [0, 0.1) is 0 Å². The molecular formula is C11H16ClN3O5. The fraction of sp³-hybridized carbons (Fsp3) is 0.818. The first kappa shape index (κ1) is 13.9. The molecule has 2 saturated heterocycles. The molecule has 0 bridgehead atoms. The number of ether oxygens (including phenoxy) is 2. The van der Waals surface area contributed by atoms with Crippen molar-refractivity contribution >= 4 is 11.6 Å². The van der Waals surface area contributed by atoms with E-state index in [-0.39, 0.29) is 31.2 Å². The number of aliphatic hydroxyl groups excluding tert-OH is 1. The summed E-state index contributed by atoms with van der Waals surface area (Å²) in [7, 11) is 0. The maximum Gasteiger partial charge on any atom is 0.347 e. The number of alkyl halides is 1. The molecule has 112 valence electrons. The third-order valence-electron chi connectivity index (χ3n) is 3.32. The maximum absolute atomic E-state index is 12.3. The van der Waals surface area contributed by atoms with Crippen LogP contribution in [-0.4, -0.2) is 56.4 Å². The number of rotatable bonds is 7. The maximum atomic E-state index is 12.3. The van der Waals surface area contributed by atoms with Gasteiger partial charge in [0.1, 0.15) is 6.10 Å². The lowest BCUT2D eigenvalue weighted by atomic mass is 10.4. The standard InChI is InChI=1S/C11H16ClN3O5/c12-1-7(16)2-14-10(17)13(3-8-5-19-8)11(18)15(14)4-9-6-20-9/h7-9,16H,1-6H2. The first-order valence-electron chi connectivity index (χ1n) is 6.48. The first-order valence-corrected chi connectivity index (χ1v) is 7.01. The van der Waals surface area contributed by atoms with Crippen molar-refractivity contribution in [3.63, 3.8) is 0 Å². The molecule has 1 aromatic rings. The molecule has 2 aliphatic rings. The minimum Gasteiger partial charge on any atom is -0.390 e. The monoisotopic (exact) mass is 305 g/mol. The molecular weight excluding hydrogens is 290 g/mol. The normalized spacial score (nSPS) is 25.7. The largest absolute Gasteiger partial charge is 0.390 e. The molecule has 3 unspecified atom stereocenters. The van der Waals surface area contributed by atoms with Gasteiger partial charge in [0, 0.05) is 0 Å². The van der Waals surface area contributed by atoms with Crippen LogP contribution in [0.2, 0.25) is 0 Å². The van der Waals surface area contributed by atoms with Crippen LogP contribution in [-0.2, 0) is 29.1 Å². The van der Waals surface area contributed by atoms with Gasteiger partial charge in [-0.25, -0.2) is 23.5 Å². The van der Waals surface area contributed by atoms with Gasteiger partial charge in [0.05, 0.1) is 50.9 Å². The Morgan fingerprint density at radius 2 is 1.70 bits per heavy atom. The highest BCUT2D eigenvalue weighted by Gasteiger charge is 2.30. The summed E-state index contributed by atoms with van der Waals surface area (Å²) < 4.78 is 13.8. The Bertz CT molecular complexity index is 598. The van der Waals surface area contributed by atoms with E-state index in [2.05, 4.69) is 0 Å². The quantitative estimate of drug-likeness (QED) is 0.474. The van der Waals surface area contributed by atoms with Crippen molar-refractivity contribution in [2.24, 2.45) is 0 Å². The molecule has 0 spiro atoms. The van der Waals surface area contributed by atoms with E-state index < -0.39 is 17.5 Å². The minimum absolute atomic E-state index is 0.00250. The van der Waals surface area contributed by atoms with Gasteiger partial charge in [-0.3, -0.25) is 0 Å². The summed E-state index contributed by atoms with van der Waals surface area (Å²) in [5, 5.41) is 9.63. The molecule has 0 amide bonds. The Morgan fingerprint density at radius 1 is 1.15 bits per heavy atom. The molecule has 0 radical (unpaired) electrons. The number of epoxide rings is 2. The average molecular weight is 306 g/mol. The van der Waals surface area contributed by atoms with Crippen LogP contribution in [0.3, 0.4) is 0 Å². The molecule has 20 heavy (non-hydrogen) atoms. The van der Waals surface area contributed by atoms with Gasteiger partial charge in [0.25, 0.3) is 0 Å². The number of aromatic nitrogens is 3. The molecule has 3 rings (SSSR count). The Kier molecular flexibility index (Phi) is 3.72. The highest BCUT2D eigenvalue weighted by molar-refractivity contribution is 6.18. The van der Waals surface area contributed by atoms with Crippen LogP contribution in [0.25, 0.3) is 0 Å². The molecule has 1 N–H and O–H groups in total. The highest BCUT2D eigenvalue weighted by atomic mass is 35.5. The summed E-state index contributed by atoms with van der Waals surface area (Å²) in [6.07, 6.45) is -0.993. The number of nitrogens with zero attached hydrogens (tertiary/aromatic N) is 3. The molecule has 0 aromatic carbocycles. The van der Waals surface area contributed by atoms with Crippen LogP contribution in [0.1, 0.15) is 0 Å². The molecule has 1 aromatic heterocycles. The predicted molar refractivity (Wildman–Crippen MR) is 69.2 cm³/mol. The molecule has 2 fully saturated rings. The van der Waals surface area contributed by atoms with Gasteiger partial charge >= 0.3 is 11.4 Å². The Hall–Kier alpha value is -1.09. The lowest BCUT2D eigenvalue weighted by molar-refractivity contribution is 0.160. The van der Waals surface area contributed by atoms with Crippen molar-refractivity contribution in [3.8, 4) is 0 Å². The van der Waals surface area contributed by atoms with Crippen molar-refractivity contribution in [1.82, 2.24) is 13.9 Å². The van der Waals surface area contributed by atoms with E-state index in [1.165, 1.54) is 9.36 Å². The van der Waals surface area contributed by atoms with Gasteiger partial charge in [0.2, 0.25) is 0 Å². The van der Waals surface area contributed by atoms with Crippen LogP contribution >= 0.6 is 11.6 Å². The van der Waals surface area contributed by atoms with E-state index in [1.807, 2.05) is 0 Å². The van der Waals surface area contributed by atoms with Gasteiger partial charge in [-0.2, -0.15) is 0 Å². The second-order valence-electron chi connectivity index (χ2n) is 5.06. The summed E-state index contributed by atoms with van der Waals surface area (Å²) >= 11 is 5.56. The van der Waals surface area contributed by atoms with Crippen molar-refractivity contribution < 1.29 is 14.6 Å². The van der Waals surface area contributed by atoms with E-state index >= 15 is 0 Å². The zero-order valence-electron chi connectivity index (χ0n) is 10.8. The lowest BCUT2D eigenvalue weighted by Crippen LogP contribution is -2.33. The van der Waals surface area contributed by atoms with Crippen LogP contribution < -0.4 is 11.4 Å². The molecule has 8 nitrogen and oxygen atoms in total. The average Bonchev–Trinajstić information content (AvgIpc) is 3.32. The number of hydrogen-bond acceptors (Lipinski definition) is 5. The van der Waals surface area contributed by atoms with E-state index in [0.29, 0.717) is 19.8 Å². The molecule has 0 saturated carbocycles. The summed E-state index contributed by atoms with van der Waals surface area (Å²) in [5.41, 5.74) is -0.849. The van der Waals surface area contributed by atoms with Crippen molar-refractivity contribution in [1.29, 1.82) is 0 Å². The molecule has 9 heteroatoms. The SMILES string of the molecule is O=c1n(CC2CO2)c(=O)n(CC2CO2)n1CC(O)CCl. The van der Waals surface area contributed by atoms with Gasteiger partial charge in [-0.05, 0) is 0 Å². The molecule has 3 atom stereocenters. The first-order chi connectivity index (χ1) is 9.60. The van der Waals surface area contributed by atoms with Gasteiger partial charge in [0.15, 0.2) is 0 Å². The van der Waals surface area contributed by atoms with E-state index in [1.54, 1.807) is 0 Å². The van der Waals surface area contributed by atoms with E-state index in [9.17, 15) is 14.7 Å². The van der Waals surface area contributed by atoms with Crippen LogP contribution in [0.5, 0.6) is 0 Å². The smallest absolute Gasteiger partial charge is 0.347 e. The van der Waals surface area contributed by atoms with E-state index in [0.717, 1.165) is 4.57 Å². The summed E-state index contributed by atoms with van der Waals surface area (Å²) in [4.78, 5) is 24.6. The fourth-order valence-corrected chi connectivity index (χ4v) is 2.17. The highest BCUT2D eigenvalue weighted by Crippen LogP contribution is 2.11.